The summed E-state index contributed by atoms with van der Waals surface area (Å²) in [5, 5.41) is 15.6. The quantitative estimate of drug-likeness (QED) is 0.295. The van der Waals surface area contributed by atoms with Gasteiger partial charge in [-0.1, -0.05) is 40.9 Å². The zero-order chi connectivity index (χ0) is 23.3. The Balaban J connectivity index is 1.71. The number of benzene rings is 2. The van der Waals surface area contributed by atoms with Crippen LogP contribution in [-0.4, -0.2) is 27.4 Å². The van der Waals surface area contributed by atoms with Crippen LogP contribution in [0.15, 0.2) is 42.7 Å². The van der Waals surface area contributed by atoms with E-state index in [0.29, 0.717) is 15.7 Å². The Bertz CT molecular complexity index is 1180. The van der Waals surface area contributed by atoms with Gasteiger partial charge in [0, 0.05) is 15.7 Å². The minimum absolute atomic E-state index is 0.0867. The molecule has 3 rings (SSSR count). The SMILES string of the molecule is Cc1ccc(Cl)cc1Nc1ncnc(NNC(=O)COc2ccc(Cl)cc2Cl)c1[N+](=O)[O-]. The standard InChI is InChI=1S/C19H15Cl3N6O4/c1-10-2-3-12(21)7-14(10)25-18-17(28(30)31)19(24-9-23-18)27-26-16(29)8-32-15-5-4-11(20)6-13(15)22/h2-7,9H,8H2,1H3,(H,26,29)(H2,23,24,25,27). The first-order chi connectivity index (χ1) is 15.2. The van der Waals surface area contributed by atoms with Crippen molar-refractivity contribution >= 4 is 63.7 Å². The lowest BCUT2D eigenvalue weighted by Gasteiger charge is -2.13. The number of carbonyl (C=O) groups excluding carboxylic acids is 1. The minimum atomic E-state index is -0.680. The second-order valence-electron chi connectivity index (χ2n) is 6.30. The number of hydrazine groups is 1. The average Bonchev–Trinajstić information content (AvgIpc) is 2.74. The number of halogens is 3. The number of amides is 1. The van der Waals surface area contributed by atoms with E-state index >= 15 is 0 Å². The fourth-order valence-electron chi connectivity index (χ4n) is 2.49. The van der Waals surface area contributed by atoms with Gasteiger partial charge in [0.25, 0.3) is 5.91 Å². The Hall–Kier alpha value is -3.34. The molecule has 0 fully saturated rings. The molecular weight excluding hydrogens is 483 g/mol. The van der Waals surface area contributed by atoms with Gasteiger partial charge in [-0.3, -0.25) is 25.8 Å². The van der Waals surface area contributed by atoms with Crippen LogP contribution in [0.1, 0.15) is 5.56 Å². The van der Waals surface area contributed by atoms with Crippen molar-refractivity contribution in [1.29, 1.82) is 0 Å². The topological polar surface area (TPSA) is 131 Å². The number of nitro groups is 1. The van der Waals surface area contributed by atoms with E-state index in [9.17, 15) is 14.9 Å². The van der Waals surface area contributed by atoms with E-state index in [1.807, 2.05) is 0 Å². The highest BCUT2D eigenvalue weighted by molar-refractivity contribution is 6.35. The normalized spacial score (nSPS) is 10.4. The molecule has 0 aliphatic carbocycles. The smallest absolute Gasteiger partial charge is 0.355 e. The van der Waals surface area contributed by atoms with E-state index in [0.717, 1.165) is 11.9 Å². The van der Waals surface area contributed by atoms with Crippen LogP contribution in [0.4, 0.5) is 23.0 Å². The molecule has 0 saturated carbocycles. The molecule has 0 saturated heterocycles. The molecule has 0 aliphatic heterocycles. The van der Waals surface area contributed by atoms with Gasteiger partial charge in [0.2, 0.25) is 11.6 Å². The summed E-state index contributed by atoms with van der Waals surface area (Å²) >= 11 is 17.8. The molecule has 0 aliphatic rings. The number of nitrogens with zero attached hydrogens (tertiary/aromatic N) is 3. The first kappa shape index (κ1) is 23.3. The molecule has 0 spiro atoms. The monoisotopic (exact) mass is 496 g/mol. The highest BCUT2D eigenvalue weighted by Crippen LogP contribution is 2.32. The summed E-state index contributed by atoms with van der Waals surface area (Å²) in [5.74, 6) is -0.701. The maximum atomic E-state index is 12.1. The number of carbonyl (C=O) groups is 1. The van der Waals surface area contributed by atoms with Gasteiger partial charge >= 0.3 is 5.69 Å². The van der Waals surface area contributed by atoms with Crippen LogP contribution in [-0.2, 0) is 4.79 Å². The van der Waals surface area contributed by atoms with Gasteiger partial charge < -0.3 is 10.1 Å². The van der Waals surface area contributed by atoms with E-state index in [1.165, 1.54) is 12.1 Å². The van der Waals surface area contributed by atoms with E-state index < -0.39 is 23.1 Å². The Morgan fingerprint density at radius 2 is 1.78 bits per heavy atom. The summed E-state index contributed by atoms with van der Waals surface area (Å²) in [4.78, 5) is 30.8. The average molecular weight is 498 g/mol. The molecule has 32 heavy (non-hydrogen) atoms. The van der Waals surface area contributed by atoms with Crippen molar-refractivity contribution in [1.82, 2.24) is 15.4 Å². The molecular formula is C19H15Cl3N6O4. The van der Waals surface area contributed by atoms with Gasteiger partial charge in [-0.15, -0.1) is 0 Å². The number of nitrogens with one attached hydrogen (secondary N) is 3. The first-order valence-electron chi connectivity index (χ1n) is 8.90. The molecule has 0 bridgehead atoms. The van der Waals surface area contributed by atoms with Crippen molar-refractivity contribution in [3.63, 3.8) is 0 Å². The second kappa shape index (κ2) is 10.3. The summed E-state index contributed by atoms with van der Waals surface area (Å²) in [7, 11) is 0. The van der Waals surface area contributed by atoms with Gasteiger partial charge in [-0.2, -0.15) is 0 Å². The fraction of sp³-hybridized carbons (Fsp3) is 0.105. The van der Waals surface area contributed by atoms with Gasteiger partial charge in [0.05, 0.1) is 9.95 Å². The van der Waals surface area contributed by atoms with Crippen LogP contribution in [0.25, 0.3) is 0 Å². The third kappa shape index (κ3) is 5.88. The van der Waals surface area contributed by atoms with E-state index in [1.54, 1.807) is 31.2 Å². The van der Waals surface area contributed by atoms with Crippen molar-refractivity contribution in [2.24, 2.45) is 0 Å². The third-order valence-electron chi connectivity index (χ3n) is 4.03. The summed E-state index contributed by atoms with van der Waals surface area (Å²) in [6.07, 6.45) is 1.10. The predicted molar refractivity (Wildman–Crippen MR) is 122 cm³/mol. The molecule has 1 amide bonds. The molecule has 0 radical (unpaired) electrons. The van der Waals surface area contributed by atoms with Crippen LogP contribution >= 0.6 is 34.8 Å². The number of aromatic nitrogens is 2. The summed E-state index contributed by atoms with van der Waals surface area (Å²) in [5.41, 5.74) is 5.54. The molecule has 1 heterocycles. The Labute approximate surface area is 197 Å². The second-order valence-corrected chi connectivity index (χ2v) is 7.58. The predicted octanol–water partition coefficient (Wildman–Crippen LogP) is 4.92. The number of anilines is 3. The molecule has 13 heteroatoms. The van der Waals surface area contributed by atoms with Crippen LogP contribution in [0.5, 0.6) is 5.75 Å². The molecule has 0 unspecified atom stereocenters. The molecule has 2 aromatic carbocycles. The molecule has 3 aromatic rings. The van der Waals surface area contributed by atoms with E-state index in [4.69, 9.17) is 39.5 Å². The summed E-state index contributed by atoms with van der Waals surface area (Å²) < 4.78 is 5.31. The molecule has 0 atom stereocenters. The first-order valence-corrected chi connectivity index (χ1v) is 10.0. The number of hydrogen-bond donors (Lipinski definition) is 3. The van der Waals surface area contributed by atoms with E-state index in [-0.39, 0.29) is 22.4 Å². The van der Waals surface area contributed by atoms with Crippen LogP contribution < -0.4 is 20.9 Å². The van der Waals surface area contributed by atoms with Gasteiger partial charge in [-0.05, 0) is 42.8 Å². The minimum Gasteiger partial charge on any atom is -0.482 e. The van der Waals surface area contributed by atoms with Gasteiger partial charge in [0.1, 0.15) is 12.1 Å². The lowest BCUT2D eigenvalue weighted by Crippen LogP contribution is -2.34. The van der Waals surface area contributed by atoms with Crippen molar-refractivity contribution in [2.75, 3.05) is 17.3 Å². The Kier molecular flexibility index (Phi) is 7.52. The van der Waals surface area contributed by atoms with Crippen LogP contribution in [0, 0.1) is 17.0 Å². The molecule has 3 N–H and O–H groups in total. The van der Waals surface area contributed by atoms with Gasteiger partial charge in [0.15, 0.2) is 6.61 Å². The fourth-order valence-corrected chi connectivity index (χ4v) is 3.13. The Morgan fingerprint density at radius 3 is 2.50 bits per heavy atom. The van der Waals surface area contributed by atoms with Crippen LogP contribution in [0.3, 0.4) is 0 Å². The van der Waals surface area contributed by atoms with Crippen molar-refractivity contribution in [2.45, 2.75) is 6.92 Å². The zero-order valence-electron chi connectivity index (χ0n) is 16.4. The summed E-state index contributed by atoms with van der Waals surface area (Å²) in [6.45, 7) is 1.39. The summed E-state index contributed by atoms with van der Waals surface area (Å²) in [6, 6.07) is 9.59. The van der Waals surface area contributed by atoms with Crippen LogP contribution in [0.2, 0.25) is 15.1 Å². The van der Waals surface area contributed by atoms with E-state index in [2.05, 4.69) is 26.1 Å². The van der Waals surface area contributed by atoms with Crippen molar-refractivity contribution in [3.8, 4) is 5.75 Å². The highest BCUT2D eigenvalue weighted by Gasteiger charge is 2.24. The largest absolute Gasteiger partial charge is 0.482 e. The maximum Gasteiger partial charge on any atom is 0.355 e. The molecule has 10 nitrogen and oxygen atoms in total. The molecule has 166 valence electrons. The lowest BCUT2D eigenvalue weighted by atomic mass is 10.2. The van der Waals surface area contributed by atoms with Gasteiger partial charge in [-0.25, -0.2) is 9.97 Å². The number of rotatable bonds is 8. The molecule has 1 aromatic heterocycles. The van der Waals surface area contributed by atoms with Crippen molar-refractivity contribution in [3.05, 3.63) is 73.5 Å². The zero-order valence-corrected chi connectivity index (χ0v) is 18.6. The van der Waals surface area contributed by atoms with Crippen molar-refractivity contribution < 1.29 is 14.5 Å². The number of hydrogen-bond acceptors (Lipinski definition) is 8. The maximum absolute atomic E-state index is 12.1. The number of aryl methyl sites for hydroxylation is 1. The lowest BCUT2D eigenvalue weighted by molar-refractivity contribution is -0.383. The Morgan fingerprint density at radius 1 is 1.09 bits per heavy atom. The highest BCUT2D eigenvalue weighted by atomic mass is 35.5. The number of ether oxygens (including phenoxy) is 1. The third-order valence-corrected chi connectivity index (χ3v) is 4.80.